The van der Waals surface area contributed by atoms with Crippen LogP contribution in [0.3, 0.4) is 0 Å². The maximum atomic E-state index is 14.5. The Morgan fingerprint density at radius 1 is 1.09 bits per heavy atom. The lowest BCUT2D eigenvalue weighted by atomic mass is 10.1. The SMILES string of the molecule is COc1cc(=O)n(C)c(Nc2ccc(I)cc2F)c1NS(=O)(=O)C1CC1c1cc(F)cc(F)c1. The zero-order valence-corrected chi connectivity index (χ0v) is 20.9. The zero-order chi connectivity index (χ0) is 24.8. The molecule has 7 nitrogen and oxygen atoms in total. The normalized spacial score (nSPS) is 17.4. The second-order valence-corrected chi connectivity index (χ2v) is 11.0. The Bertz CT molecular complexity index is 1430. The van der Waals surface area contributed by atoms with Crippen LogP contribution in [-0.2, 0) is 17.1 Å². The van der Waals surface area contributed by atoms with Crippen molar-refractivity contribution in [1.82, 2.24) is 4.57 Å². The lowest BCUT2D eigenvalue weighted by Crippen LogP contribution is -2.25. The van der Waals surface area contributed by atoms with Crippen LogP contribution >= 0.6 is 22.6 Å². The summed E-state index contributed by atoms with van der Waals surface area (Å²) in [5.41, 5.74) is -0.366. The van der Waals surface area contributed by atoms with Gasteiger partial charge in [-0.1, -0.05) is 0 Å². The highest BCUT2D eigenvalue weighted by molar-refractivity contribution is 14.1. The van der Waals surface area contributed by atoms with Crippen LogP contribution < -0.4 is 20.3 Å². The van der Waals surface area contributed by atoms with Crippen LogP contribution in [0, 0.1) is 21.0 Å². The summed E-state index contributed by atoms with van der Waals surface area (Å²) in [5, 5.41) is 1.81. The number of nitrogens with one attached hydrogen (secondary N) is 2. The van der Waals surface area contributed by atoms with E-state index in [1.807, 2.05) is 22.6 Å². The number of rotatable bonds is 7. The third-order valence-corrected chi connectivity index (χ3v) is 7.97. The highest BCUT2D eigenvalue weighted by Gasteiger charge is 2.49. The van der Waals surface area contributed by atoms with Gasteiger partial charge in [0.2, 0.25) is 10.0 Å². The second kappa shape index (κ2) is 9.13. The Labute approximate surface area is 207 Å². The van der Waals surface area contributed by atoms with E-state index in [4.69, 9.17) is 4.74 Å². The van der Waals surface area contributed by atoms with Crippen LogP contribution in [0.1, 0.15) is 17.9 Å². The molecular formula is C22H19F3IN3O4S. The standard InChI is InChI=1S/C22H19F3IN3O4S/c1-29-20(30)10-18(33-2)21(22(29)27-17-4-3-14(26)8-16(17)25)28-34(31,32)19-9-15(19)11-5-12(23)7-13(24)6-11/h3-8,10,15,19,27-28H,9H2,1-2H3. The van der Waals surface area contributed by atoms with E-state index in [1.54, 1.807) is 6.07 Å². The molecule has 12 heteroatoms. The lowest BCUT2D eigenvalue weighted by molar-refractivity contribution is 0.415. The first-order valence-electron chi connectivity index (χ1n) is 9.98. The molecule has 1 saturated carbocycles. The first-order valence-corrected chi connectivity index (χ1v) is 12.6. The van der Waals surface area contributed by atoms with E-state index in [9.17, 15) is 26.4 Å². The predicted octanol–water partition coefficient (Wildman–Crippen LogP) is 4.46. The smallest absolute Gasteiger partial charge is 0.255 e. The zero-order valence-electron chi connectivity index (χ0n) is 17.9. The van der Waals surface area contributed by atoms with Crippen molar-refractivity contribution in [2.24, 2.45) is 7.05 Å². The third-order valence-electron chi connectivity index (χ3n) is 5.50. The fourth-order valence-electron chi connectivity index (χ4n) is 3.67. The monoisotopic (exact) mass is 605 g/mol. The van der Waals surface area contributed by atoms with Crippen molar-refractivity contribution in [1.29, 1.82) is 0 Å². The Kier molecular flexibility index (Phi) is 6.55. The molecular weight excluding hydrogens is 586 g/mol. The minimum atomic E-state index is -4.08. The highest BCUT2D eigenvalue weighted by Crippen LogP contribution is 2.47. The highest BCUT2D eigenvalue weighted by atomic mass is 127. The Hall–Kier alpha value is -2.74. The van der Waals surface area contributed by atoms with Gasteiger partial charge in [0, 0.05) is 28.7 Å². The van der Waals surface area contributed by atoms with Crippen LogP contribution in [-0.4, -0.2) is 25.3 Å². The molecule has 0 spiro atoms. The van der Waals surface area contributed by atoms with Gasteiger partial charge in [-0.15, -0.1) is 0 Å². The fraction of sp³-hybridized carbons (Fsp3) is 0.227. The minimum Gasteiger partial charge on any atom is -0.494 e. The average Bonchev–Trinajstić information content (AvgIpc) is 3.56. The average molecular weight is 605 g/mol. The second-order valence-electron chi connectivity index (χ2n) is 7.81. The molecule has 0 radical (unpaired) electrons. The molecule has 34 heavy (non-hydrogen) atoms. The van der Waals surface area contributed by atoms with Gasteiger partial charge in [-0.25, -0.2) is 21.6 Å². The number of hydrogen-bond acceptors (Lipinski definition) is 5. The number of ether oxygens (including phenoxy) is 1. The van der Waals surface area contributed by atoms with Crippen LogP contribution in [0.15, 0.2) is 47.3 Å². The van der Waals surface area contributed by atoms with Gasteiger partial charge in [-0.05, 0) is 64.9 Å². The number of anilines is 3. The molecule has 3 aromatic rings. The first kappa shape index (κ1) is 24.4. The van der Waals surface area contributed by atoms with Gasteiger partial charge < -0.3 is 10.1 Å². The van der Waals surface area contributed by atoms with Gasteiger partial charge in [0.25, 0.3) is 5.56 Å². The van der Waals surface area contributed by atoms with E-state index in [2.05, 4.69) is 10.0 Å². The molecule has 2 aromatic carbocycles. The Morgan fingerprint density at radius 3 is 2.38 bits per heavy atom. The van der Waals surface area contributed by atoms with Crippen LogP contribution in [0.5, 0.6) is 5.75 Å². The number of aromatic nitrogens is 1. The van der Waals surface area contributed by atoms with E-state index in [0.717, 1.165) is 22.8 Å². The van der Waals surface area contributed by atoms with Crippen molar-refractivity contribution in [3.05, 3.63) is 79.4 Å². The van der Waals surface area contributed by atoms with Gasteiger partial charge in [0.15, 0.2) is 5.75 Å². The lowest BCUT2D eigenvalue weighted by Gasteiger charge is -2.20. The summed E-state index contributed by atoms with van der Waals surface area (Å²) < 4.78 is 77.4. The van der Waals surface area contributed by atoms with E-state index >= 15 is 0 Å². The predicted molar refractivity (Wildman–Crippen MR) is 131 cm³/mol. The maximum absolute atomic E-state index is 14.5. The van der Waals surface area contributed by atoms with E-state index in [0.29, 0.717) is 9.64 Å². The molecule has 180 valence electrons. The maximum Gasteiger partial charge on any atom is 0.255 e. The van der Waals surface area contributed by atoms with Crippen LogP contribution in [0.4, 0.5) is 30.4 Å². The van der Waals surface area contributed by atoms with E-state index in [1.165, 1.54) is 26.3 Å². The topological polar surface area (TPSA) is 89.4 Å². The van der Waals surface area contributed by atoms with E-state index < -0.39 is 44.2 Å². The molecule has 1 aromatic heterocycles. The molecule has 1 heterocycles. The molecule has 0 aliphatic heterocycles. The van der Waals surface area contributed by atoms with Crippen molar-refractivity contribution in [2.45, 2.75) is 17.6 Å². The van der Waals surface area contributed by atoms with Gasteiger partial charge in [0.1, 0.15) is 29.0 Å². The number of hydrogen-bond donors (Lipinski definition) is 2. The summed E-state index contributed by atoms with van der Waals surface area (Å²) in [5.74, 6) is -2.91. The van der Waals surface area contributed by atoms with Crippen molar-refractivity contribution < 1.29 is 26.3 Å². The molecule has 0 bridgehead atoms. The van der Waals surface area contributed by atoms with Gasteiger partial charge >= 0.3 is 0 Å². The van der Waals surface area contributed by atoms with Crippen molar-refractivity contribution in [2.75, 3.05) is 17.1 Å². The first-order chi connectivity index (χ1) is 16.0. The quantitative estimate of drug-likeness (QED) is 0.389. The van der Waals surface area contributed by atoms with Crippen molar-refractivity contribution in [3.63, 3.8) is 0 Å². The molecule has 0 amide bonds. The van der Waals surface area contributed by atoms with Crippen LogP contribution in [0.25, 0.3) is 0 Å². The summed E-state index contributed by atoms with van der Waals surface area (Å²) in [4.78, 5) is 12.4. The number of methoxy groups -OCH3 is 1. The minimum absolute atomic E-state index is 0.0173. The third kappa shape index (κ3) is 4.87. The summed E-state index contributed by atoms with van der Waals surface area (Å²) in [6.45, 7) is 0. The molecule has 4 rings (SSSR count). The molecule has 2 unspecified atom stereocenters. The number of pyridine rings is 1. The fourth-order valence-corrected chi connectivity index (χ4v) is 5.81. The summed E-state index contributed by atoms with van der Waals surface area (Å²) in [6, 6.07) is 8.38. The van der Waals surface area contributed by atoms with Gasteiger partial charge in [-0.3, -0.25) is 14.1 Å². The Balaban J connectivity index is 1.71. The molecule has 1 aliphatic rings. The Morgan fingerprint density at radius 2 is 1.76 bits per heavy atom. The summed E-state index contributed by atoms with van der Waals surface area (Å²) in [6.07, 6.45) is 0.154. The molecule has 2 atom stereocenters. The van der Waals surface area contributed by atoms with Gasteiger partial charge in [0.05, 0.1) is 18.0 Å². The van der Waals surface area contributed by atoms with Crippen molar-refractivity contribution in [3.8, 4) is 5.75 Å². The summed E-state index contributed by atoms with van der Waals surface area (Å²) in [7, 11) is -1.43. The number of benzene rings is 2. The summed E-state index contributed by atoms with van der Waals surface area (Å²) >= 11 is 1.94. The number of sulfonamides is 1. The van der Waals surface area contributed by atoms with E-state index in [-0.39, 0.29) is 34.9 Å². The van der Waals surface area contributed by atoms with Gasteiger partial charge in [-0.2, -0.15) is 0 Å². The van der Waals surface area contributed by atoms with Crippen LogP contribution in [0.2, 0.25) is 0 Å². The molecule has 2 N–H and O–H groups in total. The number of halogens is 4. The number of nitrogens with zero attached hydrogens (tertiary/aromatic N) is 1. The molecule has 0 saturated heterocycles. The molecule has 1 aliphatic carbocycles. The largest absolute Gasteiger partial charge is 0.494 e. The molecule has 1 fully saturated rings. The van der Waals surface area contributed by atoms with Crippen molar-refractivity contribution >= 4 is 49.8 Å².